The van der Waals surface area contributed by atoms with Crippen LogP contribution < -0.4 is 5.32 Å². The number of anilines is 1. The first-order chi connectivity index (χ1) is 9.65. The van der Waals surface area contributed by atoms with Crippen LogP contribution in [0.1, 0.15) is 17.8 Å². The Bertz CT molecular complexity index is 635. The molecular formula is C13H12Cl2N4O. The Morgan fingerprint density at radius 3 is 2.70 bits per heavy atom. The van der Waals surface area contributed by atoms with Crippen LogP contribution in [0.25, 0.3) is 0 Å². The summed E-state index contributed by atoms with van der Waals surface area (Å²) >= 11 is 12.1. The minimum Gasteiger partial charge on any atom is -0.323 e. The predicted octanol–water partition coefficient (Wildman–Crippen LogP) is 2.86. The van der Waals surface area contributed by atoms with Gasteiger partial charge in [-0.15, -0.1) is 0 Å². The molecule has 1 aliphatic carbocycles. The van der Waals surface area contributed by atoms with Gasteiger partial charge in [0.2, 0.25) is 5.91 Å². The molecule has 104 valence electrons. The maximum absolute atomic E-state index is 12.3. The van der Waals surface area contributed by atoms with Crippen molar-refractivity contribution < 1.29 is 4.79 Å². The topological polar surface area (TPSA) is 70.7 Å². The molecule has 0 fully saturated rings. The zero-order chi connectivity index (χ0) is 14.1. The lowest BCUT2D eigenvalue weighted by Gasteiger charge is -2.20. The van der Waals surface area contributed by atoms with Crippen molar-refractivity contribution in [2.75, 3.05) is 5.32 Å². The number of nitrogens with one attached hydrogen (secondary N) is 2. The lowest BCUT2D eigenvalue weighted by molar-refractivity contribution is -0.120. The first kappa shape index (κ1) is 13.4. The van der Waals surface area contributed by atoms with E-state index in [1.165, 1.54) is 0 Å². The van der Waals surface area contributed by atoms with Crippen LogP contribution in [0.15, 0.2) is 18.2 Å². The molecule has 1 amide bonds. The van der Waals surface area contributed by atoms with E-state index < -0.39 is 0 Å². The fourth-order valence-electron chi connectivity index (χ4n) is 2.35. The number of para-hydroxylation sites is 1. The number of carbonyl (C=O) groups is 1. The third-order valence-corrected chi connectivity index (χ3v) is 4.08. The van der Waals surface area contributed by atoms with E-state index in [1.54, 1.807) is 18.2 Å². The summed E-state index contributed by atoms with van der Waals surface area (Å²) in [5, 5.41) is 14.4. The van der Waals surface area contributed by atoms with E-state index in [9.17, 15) is 4.79 Å². The minimum atomic E-state index is -0.139. The Hall–Kier alpha value is -1.59. The summed E-state index contributed by atoms with van der Waals surface area (Å²) in [6.45, 7) is 0. The molecule has 2 N–H and O–H groups in total. The number of rotatable bonds is 2. The van der Waals surface area contributed by atoms with Crippen molar-refractivity contribution in [3.8, 4) is 0 Å². The summed E-state index contributed by atoms with van der Waals surface area (Å²) in [6.07, 6.45) is 2.08. The van der Waals surface area contributed by atoms with Crippen molar-refractivity contribution >= 4 is 34.8 Å². The van der Waals surface area contributed by atoms with Crippen LogP contribution >= 0.6 is 23.2 Å². The minimum absolute atomic E-state index is 0.0892. The monoisotopic (exact) mass is 310 g/mol. The second-order valence-electron chi connectivity index (χ2n) is 4.74. The molecule has 1 aromatic heterocycles. The number of aromatic amines is 1. The quantitative estimate of drug-likeness (QED) is 0.896. The van der Waals surface area contributed by atoms with Crippen LogP contribution in [0, 0.1) is 5.92 Å². The lowest BCUT2D eigenvalue weighted by atomic mass is 9.89. The van der Waals surface area contributed by atoms with Crippen LogP contribution in [0.5, 0.6) is 0 Å². The second kappa shape index (κ2) is 5.42. The van der Waals surface area contributed by atoms with Gasteiger partial charge in [-0.1, -0.05) is 29.3 Å². The van der Waals surface area contributed by atoms with Gasteiger partial charge in [-0.25, -0.2) is 0 Å². The number of hydrogen-bond donors (Lipinski definition) is 2. The van der Waals surface area contributed by atoms with Crippen molar-refractivity contribution in [2.45, 2.75) is 19.3 Å². The molecule has 1 aromatic carbocycles. The molecule has 7 heteroatoms. The van der Waals surface area contributed by atoms with Crippen molar-refractivity contribution in [2.24, 2.45) is 5.92 Å². The van der Waals surface area contributed by atoms with E-state index in [4.69, 9.17) is 23.2 Å². The van der Waals surface area contributed by atoms with E-state index in [0.717, 1.165) is 24.2 Å². The SMILES string of the molecule is O=C(Nc1c(Cl)cccc1Cl)C1CCc2n[nH]nc2C1. The summed E-state index contributed by atoms with van der Waals surface area (Å²) in [6, 6.07) is 5.13. The molecule has 1 unspecified atom stereocenters. The normalized spacial score (nSPS) is 17.6. The number of aromatic nitrogens is 3. The van der Waals surface area contributed by atoms with Gasteiger partial charge in [-0.2, -0.15) is 15.4 Å². The molecule has 0 saturated carbocycles. The van der Waals surface area contributed by atoms with Gasteiger partial charge in [-0.05, 0) is 25.0 Å². The lowest BCUT2D eigenvalue weighted by Crippen LogP contribution is -2.28. The Labute approximate surface area is 125 Å². The summed E-state index contributed by atoms with van der Waals surface area (Å²) in [7, 11) is 0. The van der Waals surface area contributed by atoms with Crippen LogP contribution in [0.4, 0.5) is 5.69 Å². The standard InChI is InChI=1S/C13H12Cl2N4O/c14-8-2-1-3-9(15)12(8)16-13(20)7-4-5-10-11(6-7)18-19-17-10/h1-3,7H,4-6H2,(H,16,20)(H,17,18,19). The molecule has 1 aliphatic rings. The van der Waals surface area contributed by atoms with Crippen molar-refractivity contribution in [3.63, 3.8) is 0 Å². The average Bonchev–Trinajstić information content (AvgIpc) is 2.90. The largest absolute Gasteiger partial charge is 0.323 e. The summed E-state index contributed by atoms with van der Waals surface area (Å²) in [5.74, 6) is -0.228. The smallest absolute Gasteiger partial charge is 0.227 e. The third kappa shape index (κ3) is 2.51. The maximum Gasteiger partial charge on any atom is 0.227 e. The van der Waals surface area contributed by atoms with E-state index >= 15 is 0 Å². The van der Waals surface area contributed by atoms with Crippen molar-refractivity contribution in [3.05, 3.63) is 39.6 Å². The number of halogens is 2. The molecule has 0 bridgehead atoms. The average molecular weight is 311 g/mol. The van der Waals surface area contributed by atoms with Crippen LogP contribution in [0.3, 0.4) is 0 Å². The zero-order valence-corrected chi connectivity index (χ0v) is 12.0. The van der Waals surface area contributed by atoms with E-state index in [1.807, 2.05) is 0 Å². The number of carbonyl (C=O) groups excluding carboxylic acids is 1. The van der Waals surface area contributed by atoms with Gasteiger partial charge in [0.25, 0.3) is 0 Å². The van der Waals surface area contributed by atoms with Gasteiger partial charge in [-0.3, -0.25) is 4.79 Å². The molecule has 3 rings (SSSR count). The summed E-state index contributed by atoms with van der Waals surface area (Å²) < 4.78 is 0. The fraction of sp³-hybridized carbons (Fsp3) is 0.308. The number of fused-ring (bicyclic) bond motifs is 1. The highest BCUT2D eigenvalue weighted by molar-refractivity contribution is 6.39. The fourth-order valence-corrected chi connectivity index (χ4v) is 2.84. The van der Waals surface area contributed by atoms with Gasteiger partial charge >= 0.3 is 0 Å². The van der Waals surface area contributed by atoms with Crippen molar-refractivity contribution in [1.29, 1.82) is 0 Å². The molecule has 0 aliphatic heterocycles. The van der Waals surface area contributed by atoms with Crippen LogP contribution in [-0.2, 0) is 17.6 Å². The number of nitrogens with zero attached hydrogens (tertiary/aromatic N) is 2. The van der Waals surface area contributed by atoms with Crippen LogP contribution in [0.2, 0.25) is 10.0 Å². The molecule has 2 aromatic rings. The summed E-state index contributed by atoms with van der Waals surface area (Å²) in [5.41, 5.74) is 2.28. The molecule has 0 saturated heterocycles. The molecular weight excluding hydrogens is 299 g/mol. The second-order valence-corrected chi connectivity index (χ2v) is 5.56. The Morgan fingerprint density at radius 1 is 1.25 bits per heavy atom. The van der Waals surface area contributed by atoms with Crippen LogP contribution in [-0.4, -0.2) is 21.3 Å². The highest BCUT2D eigenvalue weighted by atomic mass is 35.5. The first-order valence-electron chi connectivity index (χ1n) is 6.28. The van der Waals surface area contributed by atoms with E-state index in [-0.39, 0.29) is 11.8 Å². The van der Waals surface area contributed by atoms with Gasteiger partial charge in [0.15, 0.2) is 0 Å². The van der Waals surface area contributed by atoms with Gasteiger partial charge < -0.3 is 5.32 Å². The van der Waals surface area contributed by atoms with Gasteiger partial charge in [0.05, 0.1) is 27.1 Å². The molecule has 1 heterocycles. The number of aryl methyl sites for hydroxylation is 1. The van der Waals surface area contributed by atoms with Crippen molar-refractivity contribution in [1.82, 2.24) is 15.4 Å². The number of H-pyrrole nitrogens is 1. The highest BCUT2D eigenvalue weighted by Gasteiger charge is 2.27. The zero-order valence-electron chi connectivity index (χ0n) is 10.5. The highest BCUT2D eigenvalue weighted by Crippen LogP contribution is 2.31. The molecule has 20 heavy (non-hydrogen) atoms. The molecule has 1 atom stereocenters. The van der Waals surface area contributed by atoms with E-state index in [2.05, 4.69) is 20.7 Å². The Morgan fingerprint density at radius 2 is 1.95 bits per heavy atom. The Balaban J connectivity index is 1.75. The maximum atomic E-state index is 12.3. The summed E-state index contributed by atoms with van der Waals surface area (Å²) in [4.78, 5) is 12.3. The first-order valence-corrected chi connectivity index (χ1v) is 7.04. The van der Waals surface area contributed by atoms with Gasteiger partial charge in [0, 0.05) is 12.3 Å². The number of benzene rings is 1. The molecule has 5 nitrogen and oxygen atoms in total. The third-order valence-electron chi connectivity index (χ3n) is 3.45. The molecule has 0 spiro atoms. The Kier molecular flexibility index (Phi) is 3.63. The van der Waals surface area contributed by atoms with Gasteiger partial charge in [0.1, 0.15) is 0 Å². The number of amides is 1. The molecule has 0 radical (unpaired) electrons. The predicted molar refractivity (Wildman–Crippen MR) is 77.0 cm³/mol. The van der Waals surface area contributed by atoms with E-state index in [0.29, 0.717) is 22.2 Å². The number of hydrogen-bond acceptors (Lipinski definition) is 3.